The van der Waals surface area contributed by atoms with E-state index in [1.807, 2.05) is 61.5 Å². The summed E-state index contributed by atoms with van der Waals surface area (Å²) in [6, 6.07) is 1.76. The molecular weight excluding hydrogens is 372 g/mol. The summed E-state index contributed by atoms with van der Waals surface area (Å²) in [5, 5.41) is 0. The number of hydrogen-bond acceptors (Lipinski definition) is 4. The van der Waals surface area contributed by atoms with E-state index < -0.39 is 30.0 Å². The molecule has 1 unspecified atom stereocenters. The second kappa shape index (κ2) is 6.98. The maximum atomic E-state index is 15.6. The molecule has 0 spiro atoms. The van der Waals surface area contributed by atoms with Crippen LogP contribution < -0.4 is 5.46 Å². The molecular formula is C22H33BFNO4. The third-order valence-corrected chi connectivity index (χ3v) is 6.31. The molecule has 1 atom stereocenters. The van der Waals surface area contributed by atoms with Crippen LogP contribution in [-0.4, -0.2) is 42.0 Å². The van der Waals surface area contributed by atoms with Gasteiger partial charge in [0.1, 0.15) is 11.4 Å². The van der Waals surface area contributed by atoms with Gasteiger partial charge in [-0.15, -0.1) is 0 Å². The quantitative estimate of drug-likeness (QED) is 0.689. The Balaban J connectivity index is 1.92. The summed E-state index contributed by atoms with van der Waals surface area (Å²) in [5.74, 6) is -0.279. The number of halogens is 1. The summed E-state index contributed by atoms with van der Waals surface area (Å²) >= 11 is 0. The Kier molecular flexibility index (Phi) is 5.32. The molecule has 160 valence electrons. The number of aryl methyl sites for hydroxylation is 1. The van der Waals surface area contributed by atoms with E-state index in [0.29, 0.717) is 23.9 Å². The first-order chi connectivity index (χ1) is 13.1. The van der Waals surface area contributed by atoms with Crippen molar-refractivity contribution in [3.05, 3.63) is 28.6 Å². The van der Waals surface area contributed by atoms with Crippen LogP contribution in [0.25, 0.3) is 0 Å². The molecule has 1 saturated heterocycles. The van der Waals surface area contributed by atoms with Crippen LogP contribution in [0.2, 0.25) is 0 Å². The molecule has 3 rings (SSSR count). The topological polar surface area (TPSA) is 48.0 Å². The summed E-state index contributed by atoms with van der Waals surface area (Å²) in [5.41, 5.74) is 1.07. The van der Waals surface area contributed by atoms with Crippen molar-refractivity contribution in [3.8, 4) is 0 Å². The van der Waals surface area contributed by atoms with Gasteiger partial charge in [0.15, 0.2) is 0 Å². The first-order valence-electron chi connectivity index (χ1n) is 10.3. The van der Waals surface area contributed by atoms with Gasteiger partial charge in [-0.1, -0.05) is 6.07 Å². The number of rotatable bonds is 2. The smallest absolute Gasteiger partial charge is 0.444 e. The molecule has 2 aliphatic rings. The Morgan fingerprint density at radius 1 is 1.24 bits per heavy atom. The van der Waals surface area contributed by atoms with Crippen molar-refractivity contribution in [2.75, 3.05) is 7.05 Å². The van der Waals surface area contributed by atoms with Crippen LogP contribution >= 0.6 is 0 Å². The van der Waals surface area contributed by atoms with E-state index in [9.17, 15) is 4.79 Å². The molecule has 1 heterocycles. The van der Waals surface area contributed by atoms with Crippen LogP contribution in [0.3, 0.4) is 0 Å². The number of benzene rings is 1. The van der Waals surface area contributed by atoms with E-state index >= 15 is 4.39 Å². The minimum Gasteiger partial charge on any atom is -0.444 e. The predicted octanol–water partition coefficient (Wildman–Crippen LogP) is 4.29. The second-order valence-electron chi connectivity index (χ2n) is 10.2. The van der Waals surface area contributed by atoms with Gasteiger partial charge in [0, 0.05) is 12.5 Å². The average Bonchev–Trinajstić information content (AvgIpc) is 3.03. The van der Waals surface area contributed by atoms with Crippen LogP contribution in [0.5, 0.6) is 0 Å². The van der Waals surface area contributed by atoms with Gasteiger partial charge in [-0.2, -0.15) is 0 Å². The average molecular weight is 405 g/mol. The van der Waals surface area contributed by atoms with Crippen molar-refractivity contribution in [2.45, 2.75) is 91.1 Å². The number of carbonyl (C=O) groups excluding carboxylic acids is 1. The third kappa shape index (κ3) is 3.91. The van der Waals surface area contributed by atoms with Gasteiger partial charge in [0.25, 0.3) is 0 Å². The Labute approximate surface area is 174 Å². The first-order valence-corrected chi connectivity index (χ1v) is 10.3. The molecule has 1 amide bonds. The Hall–Kier alpha value is -1.60. The highest BCUT2D eigenvalue weighted by Gasteiger charge is 2.53. The molecule has 29 heavy (non-hydrogen) atoms. The number of carbonyl (C=O) groups is 1. The van der Waals surface area contributed by atoms with Crippen molar-refractivity contribution in [1.82, 2.24) is 4.90 Å². The van der Waals surface area contributed by atoms with Crippen molar-refractivity contribution in [3.63, 3.8) is 0 Å². The normalized spacial score (nSPS) is 22.6. The van der Waals surface area contributed by atoms with E-state index in [-0.39, 0.29) is 11.9 Å². The van der Waals surface area contributed by atoms with E-state index in [1.54, 1.807) is 11.9 Å². The molecule has 1 fully saturated rings. The van der Waals surface area contributed by atoms with Crippen molar-refractivity contribution >= 4 is 18.7 Å². The third-order valence-electron chi connectivity index (χ3n) is 6.31. The van der Waals surface area contributed by atoms with Gasteiger partial charge in [-0.25, -0.2) is 9.18 Å². The molecule has 1 aromatic rings. The maximum absolute atomic E-state index is 15.6. The SMILES string of the molecule is Cc1cc2c(c(F)c1B1OC(C)(C)C(C)(C)O1)CCC2N(C)C(=O)OC(C)(C)C. The lowest BCUT2D eigenvalue weighted by atomic mass is 9.74. The number of hydrogen-bond donors (Lipinski definition) is 0. The highest BCUT2D eigenvalue weighted by molar-refractivity contribution is 6.62. The van der Waals surface area contributed by atoms with Gasteiger partial charge in [0.05, 0.1) is 17.2 Å². The summed E-state index contributed by atoms with van der Waals surface area (Å²) in [7, 11) is 0.969. The summed E-state index contributed by atoms with van der Waals surface area (Å²) in [4.78, 5) is 14.1. The van der Waals surface area contributed by atoms with Crippen LogP contribution in [0.1, 0.15) is 77.6 Å². The molecule has 0 aromatic heterocycles. The lowest BCUT2D eigenvalue weighted by molar-refractivity contribution is 0.00578. The zero-order chi connectivity index (χ0) is 21.9. The number of nitrogens with zero attached hydrogens (tertiary/aromatic N) is 1. The highest BCUT2D eigenvalue weighted by Crippen LogP contribution is 2.40. The number of ether oxygens (including phenoxy) is 1. The lowest BCUT2D eigenvalue weighted by Crippen LogP contribution is -2.41. The zero-order valence-corrected chi connectivity index (χ0v) is 19.1. The van der Waals surface area contributed by atoms with Crippen molar-refractivity contribution in [2.24, 2.45) is 0 Å². The van der Waals surface area contributed by atoms with E-state index in [2.05, 4.69) is 0 Å². The number of amides is 1. The van der Waals surface area contributed by atoms with E-state index in [0.717, 1.165) is 11.1 Å². The van der Waals surface area contributed by atoms with Gasteiger partial charge >= 0.3 is 13.2 Å². The van der Waals surface area contributed by atoms with Crippen LogP contribution in [-0.2, 0) is 20.5 Å². The van der Waals surface area contributed by atoms with Gasteiger partial charge < -0.3 is 18.9 Å². The monoisotopic (exact) mass is 405 g/mol. The molecule has 0 saturated carbocycles. The second-order valence-corrected chi connectivity index (χ2v) is 10.2. The maximum Gasteiger partial charge on any atom is 0.498 e. The summed E-state index contributed by atoms with van der Waals surface area (Å²) < 4.78 is 33.3. The van der Waals surface area contributed by atoms with E-state index in [4.69, 9.17) is 14.0 Å². The fraction of sp³-hybridized carbons (Fsp3) is 0.682. The molecule has 0 radical (unpaired) electrons. The van der Waals surface area contributed by atoms with Crippen LogP contribution in [0, 0.1) is 12.7 Å². The molecule has 1 aromatic carbocycles. The lowest BCUT2D eigenvalue weighted by Gasteiger charge is -2.32. The molecule has 1 aliphatic heterocycles. The minimum atomic E-state index is -0.743. The van der Waals surface area contributed by atoms with Gasteiger partial charge in [-0.3, -0.25) is 0 Å². The largest absolute Gasteiger partial charge is 0.498 e. The molecule has 0 bridgehead atoms. The minimum absolute atomic E-state index is 0.208. The van der Waals surface area contributed by atoms with E-state index in [1.165, 1.54) is 0 Å². The number of fused-ring (bicyclic) bond motifs is 1. The Bertz CT molecular complexity index is 815. The standard InChI is InChI=1S/C22H33BFNO4/c1-13-12-15-14(10-11-16(15)25(9)19(26)27-20(2,3)4)18(24)17(13)23-28-21(5,6)22(7,8)29-23/h12,16H,10-11H2,1-9H3. The summed E-state index contributed by atoms with van der Waals surface area (Å²) in [6.45, 7) is 15.2. The molecule has 7 heteroatoms. The van der Waals surface area contributed by atoms with Crippen molar-refractivity contribution in [1.29, 1.82) is 0 Å². The molecule has 5 nitrogen and oxygen atoms in total. The zero-order valence-electron chi connectivity index (χ0n) is 19.1. The fourth-order valence-electron chi connectivity index (χ4n) is 3.96. The van der Waals surface area contributed by atoms with Crippen LogP contribution in [0.4, 0.5) is 9.18 Å². The molecule has 1 aliphatic carbocycles. The molecule has 0 N–H and O–H groups in total. The van der Waals surface area contributed by atoms with Gasteiger partial charge in [-0.05, 0) is 84.9 Å². The highest BCUT2D eigenvalue weighted by atomic mass is 19.1. The Morgan fingerprint density at radius 3 is 2.31 bits per heavy atom. The first kappa shape index (κ1) is 22.1. The Morgan fingerprint density at radius 2 is 1.79 bits per heavy atom. The van der Waals surface area contributed by atoms with Gasteiger partial charge in [0.2, 0.25) is 0 Å². The fourth-order valence-corrected chi connectivity index (χ4v) is 3.96. The summed E-state index contributed by atoms with van der Waals surface area (Å²) in [6.07, 6.45) is 0.823. The van der Waals surface area contributed by atoms with Crippen LogP contribution in [0.15, 0.2) is 6.07 Å². The predicted molar refractivity (Wildman–Crippen MR) is 112 cm³/mol. The van der Waals surface area contributed by atoms with Crippen molar-refractivity contribution < 1.29 is 23.2 Å².